The minimum absolute atomic E-state index is 0.144. The van der Waals surface area contributed by atoms with Gasteiger partial charge in [-0.1, -0.05) is 18.0 Å². The van der Waals surface area contributed by atoms with Gasteiger partial charge in [-0.3, -0.25) is 9.59 Å². The fraction of sp³-hybridized carbons (Fsp3) is 0.417. The molecule has 2 N–H and O–H groups in total. The number of hydrogen-bond acceptors (Lipinski definition) is 3. The van der Waals surface area contributed by atoms with Crippen molar-refractivity contribution < 1.29 is 14.7 Å². The maximum absolute atomic E-state index is 11.8. The third-order valence-electron chi connectivity index (χ3n) is 3.31. The van der Waals surface area contributed by atoms with Crippen LogP contribution in [-0.4, -0.2) is 28.5 Å². The van der Waals surface area contributed by atoms with E-state index in [0.29, 0.717) is 17.9 Å². The zero-order valence-corrected chi connectivity index (χ0v) is 10.4. The van der Waals surface area contributed by atoms with E-state index in [1.54, 1.807) is 6.07 Å². The van der Waals surface area contributed by atoms with Crippen molar-refractivity contribution >= 4 is 23.5 Å². The van der Waals surface area contributed by atoms with Gasteiger partial charge >= 0.3 is 5.97 Å². The highest BCUT2D eigenvalue weighted by Crippen LogP contribution is 2.40. The molecule has 0 saturated heterocycles. The monoisotopic (exact) mass is 268 g/mol. The smallest absolute Gasteiger partial charge is 0.311 e. The highest BCUT2D eigenvalue weighted by Gasteiger charge is 2.44. The van der Waals surface area contributed by atoms with Crippen LogP contribution in [0.25, 0.3) is 0 Å². The predicted octanol–water partition coefficient (Wildman–Crippen LogP) is 1.72. The van der Waals surface area contributed by atoms with E-state index in [-0.39, 0.29) is 18.1 Å². The number of amides is 1. The molecule has 0 atom stereocenters. The Bertz CT molecular complexity index is 469. The molecular formula is C12H13ClN2O3. The van der Waals surface area contributed by atoms with Crippen LogP contribution in [0.2, 0.25) is 5.02 Å². The van der Waals surface area contributed by atoms with Crippen LogP contribution in [0.15, 0.2) is 18.3 Å². The number of carboxylic acids is 1. The number of halogens is 1. The average molecular weight is 269 g/mol. The SMILES string of the molecule is O=C(NCC1(C(=O)O)CCC1)c1ccc(Cl)cn1. The Morgan fingerprint density at radius 1 is 1.44 bits per heavy atom. The zero-order valence-electron chi connectivity index (χ0n) is 9.65. The molecule has 0 aromatic carbocycles. The van der Waals surface area contributed by atoms with Gasteiger partial charge in [-0.05, 0) is 25.0 Å². The normalized spacial score (nSPS) is 16.7. The second-order valence-electron chi connectivity index (χ2n) is 4.48. The summed E-state index contributed by atoms with van der Waals surface area (Å²) in [5, 5.41) is 12.2. The van der Waals surface area contributed by atoms with Gasteiger partial charge in [-0.25, -0.2) is 4.98 Å². The van der Waals surface area contributed by atoms with Crippen molar-refractivity contribution in [2.24, 2.45) is 5.41 Å². The molecule has 0 radical (unpaired) electrons. The molecule has 1 heterocycles. The number of nitrogens with one attached hydrogen (secondary N) is 1. The van der Waals surface area contributed by atoms with Crippen LogP contribution < -0.4 is 5.32 Å². The van der Waals surface area contributed by atoms with Crippen molar-refractivity contribution in [1.82, 2.24) is 10.3 Å². The van der Waals surface area contributed by atoms with Crippen molar-refractivity contribution in [1.29, 1.82) is 0 Å². The molecule has 1 aliphatic carbocycles. The van der Waals surface area contributed by atoms with Crippen LogP contribution in [0, 0.1) is 5.41 Å². The van der Waals surface area contributed by atoms with Gasteiger partial charge in [0.05, 0.1) is 10.4 Å². The molecule has 0 unspecified atom stereocenters. The van der Waals surface area contributed by atoms with E-state index in [1.807, 2.05) is 0 Å². The first kappa shape index (κ1) is 12.8. The molecule has 1 aromatic heterocycles. The molecule has 0 aliphatic heterocycles. The fourth-order valence-electron chi connectivity index (χ4n) is 1.92. The number of rotatable bonds is 4. The Morgan fingerprint density at radius 3 is 2.61 bits per heavy atom. The lowest BCUT2D eigenvalue weighted by Crippen LogP contribution is -2.47. The first-order chi connectivity index (χ1) is 8.53. The van der Waals surface area contributed by atoms with E-state index in [1.165, 1.54) is 12.3 Å². The fourth-order valence-corrected chi connectivity index (χ4v) is 2.03. The van der Waals surface area contributed by atoms with E-state index >= 15 is 0 Å². The lowest BCUT2D eigenvalue weighted by Gasteiger charge is -2.37. The van der Waals surface area contributed by atoms with Crippen LogP contribution in [0.4, 0.5) is 0 Å². The van der Waals surface area contributed by atoms with Crippen molar-refractivity contribution in [3.8, 4) is 0 Å². The minimum atomic E-state index is -0.849. The van der Waals surface area contributed by atoms with Crippen LogP contribution in [0.3, 0.4) is 0 Å². The Kier molecular flexibility index (Phi) is 3.52. The number of aliphatic carboxylic acids is 1. The molecule has 18 heavy (non-hydrogen) atoms. The van der Waals surface area contributed by atoms with Gasteiger partial charge in [0.2, 0.25) is 0 Å². The lowest BCUT2D eigenvalue weighted by molar-refractivity contribution is -0.153. The van der Waals surface area contributed by atoms with Gasteiger partial charge in [0, 0.05) is 12.7 Å². The molecule has 2 rings (SSSR count). The van der Waals surface area contributed by atoms with Gasteiger partial charge in [0.15, 0.2) is 0 Å². The van der Waals surface area contributed by atoms with Crippen molar-refractivity contribution in [2.45, 2.75) is 19.3 Å². The topological polar surface area (TPSA) is 79.3 Å². The minimum Gasteiger partial charge on any atom is -0.481 e. The third-order valence-corrected chi connectivity index (χ3v) is 3.54. The van der Waals surface area contributed by atoms with Gasteiger partial charge < -0.3 is 10.4 Å². The van der Waals surface area contributed by atoms with Gasteiger partial charge in [-0.15, -0.1) is 0 Å². The van der Waals surface area contributed by atoms with Crippen molar-refractivity contribution in [3.05, 3.63) is 29.0 Å². The highest BCUT2D eigenvalue weighted by atomic mass is 35.5. The molecule has 1 aliphatic rings. The maximum atomic E-state index is 11.8. The summed E-state index contributed by atoms with van der Waals surface area (Å²) in [5.74, 6) is -1.22. The van der Waals surface area contributed by atoms with Crippen LogP contribution in [-0.2, 0) is 4.79 Å². The lowest BCUT2D eigenvalue weighted by atomic mass is 9.69. The Hall–Kier alpha value is -1.62. The number of pyridine rings is 1. The summed E-state index contributed by atoms with van der Waals surface area (Å²) < 4.78 is 0. The zero-order chi connectivity index (χ0) is 13.2. The number of aromatic nitrogens is 1. The molecule has 1 saturated carbocycles. The standard InChI is InChI=1S/C12H13ClN2O3/c13-8-2-3-9(14-6-8)10(16)15-7-12(11(17)18)4-1-5-12/h2-3,6H,1,4-5,7H2,(H,15,16)(H,17,18). The van der Waals surface area contributed by atoms with Crippen LogP contribution in [0.1, 0.15) is 29.8 Å². The quantitative estimate of drug-likeness (QED) is 0.871. The molecule has 96 valence electrons. The molecule has 1 aromatic rings. The van der Waals surface area contributed by atoms with E-state index in [0.717, 1.165) is 6.42 Å². The number of nitrogens with zero attached hydrogens (tertiary/aromatic N) is 1. The summed E-state index contributed by atoms with van der Waals surface area (Å²) in [6.45, 7) is 0.144. The largest absolute Gasteiger partial charge is 0.481 e. The number of carbonyl (C=O) groups excluding carboxylic acids is 1. The first-order valence-electron chi connectivity index (χ1n) is 5.67. The molecular weight excluding hydrogens is 256 g/mol. The molecule has 5 nitrogen and oxygen atoms in total. The first-order valence-corrected chi connectivity index (χ1v) is 6.04. The maximum Gasteiger partial charge on any atom is 0.311 e. The summed E-state index contributed by atoms with van der Waals surface area (Å²) in [7, 11) is 0. The number of hydrogen-bond donors (Lipinski definition) is 2. The number of carbonyl (C=O) groups is 2. The van der Waals surface area contributed by atoms with Crippen LogP contribution in [0.5, 0.6) is 0 Å². The van der Waals surface area contributed by atoms with E-state index < -0.39 is 11.4 Å². The second-order valence-corrected chi connectivity index (χ2v) is 4.92. The van der Waals surface area contributed by atoms with Crippen molar-refractivity contribution in [2.75, 3.05) is 6.54 Å². The Labute approximate surface area is 109 Å². The Balaban J connectivity index is 1.96. The molecule has 0 bridgehead atoms. The Morgan fingerprint density at radius 2 is 2.17 bits per heavy atom. The molecule has 6 heteroatoms. The van der Waals surface area contributed by atoms with E-state index in [4.69, 9.17) is 16.7 Å². The highest BCUT2D eigenvalue weighted by molar-refractivity contribution is 6.30. The summed E-state index contributed by atoms with van der Waals surface area (Å²) >= 11 is 5.67. The van der Waals surface area contributed by atoms with Gasteiger partial charge in [-0.2, -0.15) is 0 Å². The number of carboxylic acid groups (broad SMARTS) is 1. The summed E-state index contributed by atoms with van der Waals surface area (Å²) in [6.07, 6.45) is 3.49. The van der Waals surface area contributed by atoms with E-state index in [9.17, 15) is 9.59 Å². The third kappa shape index (κ3) is 2.46. The van der Waals surface area contributed by atoms with Crippen LogP contribution >= 0.6 is 11.6 Å². The average Bonchev–Trinajstić information content (AvgIpc) is 2.27. The molecule has 0 spiro atoms. The predicted molar refractivity (Wildman–Crippen MR) is 65.5 cm³/mol. The second kappa shape index (κ2) is 4.94. The summed E-state index contributed by atoms with van der Waals surface area (Å²) in [6, 6.07) is 3.08. The van der Waals surface area contributed by atoms with Gasteiger partial charge in [0.25, 0.3) is 5.91 Å². The molecule has 1 amide bonds. The summed E-state index contributed by atoms with van der Waals surface area (Å²) in [5.41, 5.74) is -0.554. The summed E-state index contributed by atoms with van der Waals surface area (Å²) in [4.78, 5) is 26.7. The van der Waals surface area contributed by atoms with E-state index in [2.05, 4.69) is 10.3 Å². The van der Waals surface area contributed by atoms with Gasteiger partial charge in [0.1, 0.15) is 5.69 Å². The molecule has 1 fully saturated rings. The van der Waals surface area contributed by atoms with Crippen molar-refractivity contribution in [3.63, 3.8) is 0 Å².